The van der Waals surface area contributed by atoms with E-state index in [1.165, 1.54) is 53.9 Å². The second kappa shape index (κ2) is 4.57. The summed E-state index contributed by atoms with van der Waals surface area (Å²) >= 11 is 0. The predicted molar refractivity (Wildman–Crippen MR) is 84.8 cm³/mol. The Labute approximate surface area is 127 Å². The first-order valence-electron chi connectivity index (χ1n) is 8.13. The van der Waals surface area contributed by atoms with E-state index in [0.29, 0.717) is 5.92 Å². The summed E-state index contributed by atoms with van der Waals surface area (Å²) in [4.78, 5) is 8.62. The van der Waals surface area contributed by atoms with Gasteiger partial charge in [0, 0.05) is 24.4 Å². The molecule has 3 fully saturated rings. The summed E-state index contributed by atoms with van der Waals surface area (Å²) in [6.45, 7) is 10.1. The number of rotatable bonds is 1. The Morgan fingerprint density at radius 1 is 1.14 bits per heavy atom. The van der Waals surface area contributed by atoms with Gasteiger partial charge in [-0.2, -0.15) is 0 Å². The lowest BCUT2D eigenvalue weighted by atomic mass is 9.72. The van der Waals surface area contributed by atoms with Crippen LogP contribution in [0.1, 0.15) is 41.5 Å². The molecule has 4 heterocycles. The van der Waals surface area contributed by atoms with Gasteiger partial charge in [0.2, 0.25) is 0 Å². The quantitative estimate of drug-likeness (QED) is 0.791. The van der Waals surface area contributed by atoms with Crippen molar-refractivity contribution in [3.05, 3.63) is 34.4 Å². The number of hydrogen-bond acceptors (Lipinski definition) is 3. The Balaban J connectivity index is 1.65. The largest absolute Gasteiger partial charge is 0.387 e. The predicted octanol–water partition coefficient (Wildman–Crippen LogP) is 3.20. The fourth-order valence-corrected chi connectivity index (χ4v) is 4.69. The summed E-state index contributed by atoms with van der Waals surface area (Å²) in [5, 5.41) is 4.54. The van der Waals surface area contributed by atoms with Gasteiger partial charge in [-0.1, -0.05) is 22.9 Å². The van der Waals surface area contributed by atoms with Crippen LogP contribution in [-0.4, -0.2) is 35.8 Å². The van der Waals surface area contributed by atoms with E-state index >= 15 is 0 Å². The number of fused-ring (bicyclic) bond motifs is 2. The highest BCUT2D eigenvalue weighted by Crippen LogP contribution is 2.44. The highest BCUT2D eigenvalue weighted by Gasteiger charge is 2.52. The van der Waals surface area contributed by atoms with Crippen LogP contribution >= 0.6 is 0 Å². The van der Waals surface area contributed by atoms with Gasteiger partial charge in [0.25, 0.3) is 0 Å². The standard InChI is InChI=1S/C18H24N2O/c1-12-8-13(2)17(14(3)9-12)16-10-18(21-19-16)11-20-6-4-15(18)5-7-20/h8-9,15H,4-7,10-11H2,1-3H3. The van der Waals surface area contributed by atoms with E-state index in [1.807, 2.05) is 0 Å². The number of nitrogens with zero attached hydrogens (tertiary/aromatic N) is 2. The number of piperidine rings is 3. The Kier molecular flexibility index (Phi) is 2.90. The second-order valence-corrected chi connectivity index (χ2v) is 7.19. The van der Waals surface area contributed by atoms with Crippen LogP contribution in [0, 0.1) is 26.7 Å². The third-order valence-electron chi connectivity index (χ3n) is 5.59. The third-order valence-corrected chi connectivity index (χ3v) is 5.59. The molecule has 0 saturated carbocycles. The summed E-state index contributed by atoms with van der Waals surface area (Å²) < 4.78 is 0. The zero-order chi connectivity index (χ0) is 14.6. The van der Waals surface area contributed by atoms with Crippen molar-refractivity contribution >= 4 is 5.71 Å². The molecule has 3 heteroatoms. The molecule has 1 atom stereocenters. The Morgan fingerprint density at radius 3 is 2.38 bits per heavy atom. The number of benzene rings is 1. The molecule has 5 rings (SSSR count). The maximum Gasteiger partial charge on any atom is 0.158 e. The fourth-order valence-electron chi connectivity index (χ4n) is 4.69. The van der Waals surface area contributed by atoms with Crippen molar-refractivity contribution in [3.8, 4) is 0 Å². The van der Waals surface area contributed by atoms with Crippen LogP contribution in [0.4, 0.5) is 0 Å². The maximum atomic E-state index is 6.07. The first-order valence-corrected chi connectivity index (χ1v) is 8.13. The lowest BCUT2D eigenvalue weighted by Gasteiger charge is -2.49. The van der Waals surface area contributed by atoms with Gasteiger partial charge in [-0.15, -0.1) is 0 Å². The molecule has 3 nitrogen and oxygen atoms in total. The molecule has 1 aromatic carbocycles. The average Bonchev–Trinajstić information content (AvgIpc) is 2.82. The SMILES string of the molecule is Cc1cc(C)c(C2=NOC3(C2)CN2CCC3CC2)c(C)c1. The van der Waals surface area contributed by atoms with E-state index in [4.69, 9.17) is 4.84 Å². The van der Waals surface area contributed by atoms with Crippen molar-refractivity contribution < 1.29 is 4.84 Å². The Morgan fingerprint density at radius 2 is 1.81 bits per heavy atom. The highest BCUT2D eigenvalue weighted by atomic mass is 16.7. The first kappa shape index (κ1) is 13.3. The summed E-state index contributed by atoms with van der Waals surface area (Å²) in [7, 11) is 0. The molecule has 0 N–H and O–H groups in total. The minimum absolute atomic E-state index is 0.0321. The number of hydrogen-bond donors (Lipinski definition) is 0. The van der Waals surface area contributed by atoms with Crippen LogP contribution in [0.5, 0.6) is 0 Å². The van der Waals surface area contributed by atoms with Gasteiger partial charge < -0.3 is 4.84 Å². The normalized spacial score (nSPS) is 34.1. The van der Waals surface area contributed by atoms with Crippen molar-refractivity contribution in [2.45, 2.75) is 45.6 Å². The molecule has 4 aliphatic rings. The summed E-state index contributed by atoms with van der Waals surface area (Å²) in [5.74, 6) is 0.690. The highest BCUT2D eigenvalue weighted by molar-refractivity contribution is 6.04. The fraction of sp³-hybridized carbons (Fsp3) is 0.611. The lowest BCUT2D eigenvalue weighted by molar-refractivity contribution is -0.136. The van der Waals surface area contributed by atoms with Crippen molar-refractivity contribution in [2.24, 2.45) is 11.1 Å². The zero-order valence-electron chi connectivity index (χ0n) is 13.3. The molecule has 0 aliphatic carbocycles. The molecular formula is C18H24N2O. The molecule has 21 heavy (non-hydrogen) atoms. The molecule has 0 aromatic heterocycles. The van der Waals surface area contributed by atoms with Gasteiger partial charge >= 0.3 is 0 Å². The van der Waals surface area contributed by atoms with Crippen molar-refractivity contribution in [2.75, 3.05) is 19.6 Å². The zero-order valence-corrected chi connectivity index (χ0v) is 13.3. The molecule has 1 aromatic rings. The van der Waals surface area contributed by atoms with Gasteiger partial charge in [0.05, 0.1) is 5.71 Å². The Hall–Kier alpha value is -1.35. The number of aryl methyl sites for hydroxylation is 3. The smallest absolute Gasteiger partial charge is 0.158 e. The van der Waals surface area contributed by atoms with Crippen LogP contribution in [0.3, 0.4) is 0 Å². The number of oxime groups is 1. The summed E-state index contributed by atoms with van der Waals surface area (Å²) in [6, 6.07) is 4.51. The molecule has 0 radical (unpaired) electrons. The van der Waals surface area contributed by atoms with E-state index in [0.717, 1.165) is 13.0 Å². The average molecular weight is 284 g/mol. The van der Waals surface area contributed by atoms with Crippen LogP contribution in [0.15, 0.2) is 17.3 Å². The van der Waals surface area contributed by atoms with Crippen LogP contribution in [-0.2, 0) is 4.84 Å². The maximum absolute atomic E-state index is 6.07. The van der Waals surface area contributed by atoms with Gasteiger partial charge in [-0.05, 0) is 57.8 Å². The van der Waals surface area contributed by atoms with E-state index in [2.05, 4.69) is 43.0 Å². The molecule has 2 bridgehead atoms. The van der Waals surface area contributed by atoms with Crippen LogP contribution in [0.2, 0.25) is 0 Å². The van der Waals surface area contributed by atoms with E-state index < -0.39 is 0 Å². The minimum atomic E-state index is -0.0321. The Bertz CT molecular complexity index is 591. The van der Waals surface area contributed by atoms with Crippen LogP contribution in [0.25, 0.3) is 0 Å². The summed E-state index contributed by atoms with van der Waals surface area (Å²) in [6.07, 6.45) is 3.53. The van der Waals surface area contributed by atoms with Gasteiger partial charge in [-0.3, -0.25) is 4.90 Å². The van der Waals surface area contributed by atoms with Crippen molar-refractivity contribution in [1.29, 1.82) is 0 Å². The van der Waals surface area contributed by atoms with Gasteiger partial charge in [0.15, 0.2) is 5.60 Å². The molecule has 4 aliphatic heterocycles. The first-order chi connectivity index (χ1) is 10.1. The lowest BCUT2D eigenvalue weighted by Crippen LogP contribution is -2.59. The molecule has 0 amide bonds. The molecule has 112 valence electrons. The minimum Gasteiger partial charge on any atom is -0.387 e. The van der Waals surface area contributed by atoms with E-state index in [1.54, 1.807) is 0 Å². The molecule has 1 spiro atoms. The van der Waals surface area contributed by atoms with E-state index in [-0.39, 0.29) is 5.60 Å². The van der Waals surface area contributed by atoms with Crippen LogP contribution < -0.4 is 0 Å². The monoisotopic (exact) mass is 284 g/mol. The third kappa shape index (κ3) is 2.02. The van der Waals surface area contributed by atoms with Crippen molar-refractivity contribution in [1.82, 2.24) is 4.90 Å². The van der Waals surface area contributed by atoms with E-state index in [9.17, 15) is 0 Å². The molecule has 1 unspecified atom stereocenters. The topological polar surface area (TPSA) is 24.8 Å². The van der Waals surface area contributed by atoms with Gasteiger partial charge in [-0.25, -0.2) is 0 Å². The van der Waals surface area contributed by atoms with Gasteiger partial charge in [0.1, 0.15) is 0 Å². The second-order valence-electron chi connectivity index (χ2n) is 7.19. The van der Waals surface area contributed by atoms with Crippen molar-refractivity contribution in [3.63, 3.8) is 0 Å². The summed E-state index contributed by atoms with van der Waals surface area (Å²) in [5.41, 5.74) is 6.43. The molecular weight excluding hydrogens is 260 g/mol. The molecule has 3 saturated heterocycles.